The van der Waals surface area contributed by atoms with Crippen LogP contribution < -0.4 is 0 Å². The molecule has 2 aromatic carbocycles. The number of hydrogen-bond acceptors (Lipinski definition) is 2. The first-order valence-corrected chi connectivity index (χ1v) is 11.2. The van der Waals surface area contributed by atoms with Crippen LogP contribution in [0.2, 0.25) is 5.02 Å². The SMILES string of the molecule is Cc1cc(-c2[nH]c(O)c3c2C(=O)N=C3c2ccc(C(C)(C)C)c(Cl)c2)ccc1C(C)(C)C. The molecule has 0 saturated carbocycles. The molecule has 4 rings (SSSR count). The molecule has 2 N–H and O–H groups in total. The lowest BCUT2D eigenvalue weighted by molar-refractivity contribution is 0.101. The minimum absolute atomic E-state index is 0.0209. The summed E-state index contributed by atoms with van der Waals surface area (Å²) in [5.74, 6) is -0.428. The van der Waals surface area contributed by atoms with Gasteiger partial charge in [-0.3, -0.25) is 4.79 Å². The van der Waals surface area contributed by atoms with Gasteiger partial charge in [0.25, 0.3) is 5.91 Å². The van der Waals surface area contributed by atoms with Crippen molar-refractivity contribution in [1.29, 1.82) is 0 Å². The smallest absolute Gasteiger partial charge is 0.280 e. The van der Waals surface area contributed by atoms with Gasteiger partial charge in [-0.2, -0.15) is 0 Å². The zero-order chi connectivity index (χ0) is 23.6. The summed E-state index contributed by atoms with van der Waals surface area (Å²) in [7, 11) is 0. The number of aromatic nitrogens is 1. The van der Waals surface area contributed by atoms with Gasteiger partial charge in [-0.1, -0.05) is 77.4 Å². The third-order valence-corrected chi connectivity index (χ3v) is 6.33. The number of hydrogen-bond donors (Lipinski definition) is 2. The maximum Gasteiger partial charge on any atom is 0.280 e. The van der Waals surface area contributed by atoms with E-state index in [1.54, 1.807) is 0 Å². The molecule has 0 atom stereocenters. The Balaban J connectivity index is 1.81. The van der Waals surface area contributed by atoms with Crippen molar-refractivity contribution in [3.05, 3.63) is 74.8 Å². The number of aromatic hydroxyl groups is 1. The highest BCUT2D eigenvalue weighted by molar-refractivity contribution is 6.34. The molecule has 2 heterocycles. The second kappa shape index (κ2) is 7.35. The van der Waals surface area contributed by atoms with Gasteiger partial charge in [0.2, 0.25) is 0 Å². The van der Waals surface area contributed by atoms with Crippen molar-refractivity contribution in [3.8, 4) is 17.1 Å². The van der Waals surface area contributed by atoms with E-state index >= 15 is 0 Å². The fraction of sp³-hybridized carbons (Fsp3) is 0.333. The van der Waals surface area contributed by atoms with E-state index in [9.17, 15) is 9.90 Å². The highest BCUT2D eigenvalue weighted by Gasteiger charge is 2.34. The number of halogens is 1. The predicted molar refractivity (Wildman–Crippen MR) is 131 cm³/mol. The number of aliphatic imine (C=N–C) groups is 1. The van der Waals surface area contributed by atoms with E-state index in [2.05, 4.69) is 64.5 Å². The first-order chi connectivity index (χ1) is 14.8. The number of nitrogens with zero attached hydrogens (tertiary/aromatic N) is 1. The fourth-order valence-corrected chi connectivity index (χ4v) is 4.97. The molecule has 0 aliphatic carbocycles. The maximum atomic E-state index is 12.9. The first-order valence-electron chi connectivity index (χ1n) is 10.8. The lowest BCUT2D eigenvalue weighted by Crippen LogP contribution is -2.12. The molecule has 1 amide bonds. The molecular formula is C27H29ClN2O2. The number of aryl methyl sites for hydroxylation is 1. The molecule has 1 aliphatic rings. The summed E-state index contributed by atoms with van der Waals surface area (Å²) < 4.78 is 0. The van der Waals surface area contributed by atoms with Crippen LogP contribution in [0.15, 0.2) is 41.4 Å². The molecule has 4 nitrogen and oxygen atoms in total. The Hall–Kier alpha value is -2.85. The van der Waals surface area contributed by atoms with Crippen molar-refractivity contribution >= 4 is 23.2 Å². The van der Waals surface area contributed by atoms with Gasteiger partial charge in [0.1, 0.15) is 0 Å². The van der Waals surface area contributed by atoms with Crippen LogP contribution in [-0.2, 0) is 10.8 Å². The number of rotatable bonds is 2. The van der Waals surface area contributed by atoms with Gasteiger partial charge >= 0.3 is 0 Å². The Morgan fingerprint density at radius 1 is 0.875 bits per heavy atom. The zero-order valence-electron chi connectivity index (χ0n) is 19.6. The minimum Gasteiger partial charge on any atom is -0.494 e. The second-order valence-electron chi connectivity index (χ2n) is 10.6. The average molecular weight is 449 g/mol. The number of fused-ring (bicyclic) bond motifs is 1. The lowest BCUT2D eigenvalue weighted by atomic mass is 9.83. The van der Waals surface area contributed by atoms with E-state index in [1.807, 2.05) is 30.3 Å². The van der Waals surface area contributed by atoms with Crippen LogP contribution in [0.1, 0.15) is 79.7 Å². The highest BCUT2D eigenvalue weighted by atomic mass is 35.5. The van der Waals surface area contributed by atoms with Gasteiger partial charge in [-0.05, 0) is 52.1 Å². The molecule has 32 heavy (non-hydrogen) atoms. The van der Waals surface area contributed by atoms with Crippen LogP contribution in [0.3, 0.4) is 0 Å². The third kappa shape index (κ3) is 3.67. The summed E-state index contributed by atoms with van der Waals surface area (Å²) in [5.41, 5.74) is 6.71. The number of carbonyl (C=O) groups is 1. The van der Waals surface area contributed by atoms with E-state index in [0.717, 1.165) is 16.7 Å². The summed E-state index contributed by atoms with van der Waals surface area (Å²) in [5, 5.41) is 11.4. The van der Waals surface area contributed by atoms with Gasteiger partial charge in [-0.25, -0.2) is 4.99 Å². The number of H-pyrrole nitrogens is 1. The monoisotopic (exact) mass is 448 g/mol. The van der Waals surface area contributed by atoms with Crippen molar-refractivity contribution in [2.75, 3.05) is 0 Å². The number of amides is 1. The minimum atomic E-state index is -0.366. The maximum absolute atomic E-state index is 12.9. The summed E-state index contributed by atoms with van der Waals surface area (Å²) in [6.07, 6.45) is 0. The summed E-state index contributed by atoms with van der Waals surface area (Å²) >= 11 is 6.56. The second-order valence-corrected chi connectivity index (χ2v) is 11.0. The molecule has 0 fully saturated rings. The summed E-state index contributed by atoms with van der Waals surface area (Å²) in [6.45, 7) is 14.9. The largest absolute Gasteiger partial charge is 0.494 e. The molecule has 166 valence electrons. The average Bonchev–Trinajstić information content (AvgIpc) is 3.18. The Labute approximate surface area is 194 Å². The quantitative estimate of drug-likeness (QED) is 0.446. The van der Waals surface area contributed by atoms with Crippen LogP contribution in [-0.4, -0.2) is 21.7 Å². The number of carbonyl (C=O) groups excluding carboxylic acids is 1. The standard InChI is InChI=1S/C27H29ClN2O2/c1-14-12-15(8-10-17(14)26(2,3)4)22-20-21(25(32)29-22)23(30-24(20)31)16-9-11-18(19(28)13-16)27(5,6)7/h8-13,29,32H,1-7H3. The molecule has 0 spiro atoms. The molecule has 3 aromatic rings. The van der Waals surface area contributed by atoms with Crippen molar-refractivity contribution in [1.82, 2.24) is 4.98 Å². The summed E-state index contributed by atoms with van der Waals surface area (Å²) in [4.78, 5) is 20.2. The van der Waals surface area contributed by atoms with E-state index in [-0.39, 0.29) is 22.6 Å². The Morgan fingerprint density at radius 2 is 1.47 bits per heavy atom. The van der Waals surface area contributed by atoms with Gasteiger partial charge in [0, 0.05) is 10.6 Å². The first kappa shape index (κ1) is 22.3. The topological polar surface area (TPSA) is 65.4 Å². The van der Waals surface area contributed by atoms with E-state index in [1.165, 1.54) is 5.56 Å². The lowest BCUT2D eigenvalue weighted by Gasteiger charge is -2.22. The molecule has 5 heteroatoms. The van der Waals surface area contributed by atoms with Crippen LogP contribution in [0.5, 0.6) is 5.88 Å². The summed E-state index contributed by atoms with van der Waals surface area (Å²) in [6, 6.07) is 11.8. The Bertz CT molecular complexity index is 1280. The van der Waals surface area contributed by atoms with Crippen molar-refractivity contribution < 1.29 is 9.90 Å². The van der Waals surface area contributed by atoms with Crippen LogP contribution in [0.4, 0.5) is 0 Å². The molecule has 1 aliphatic heterocycles. The third-order valence-electron chi connectivity index (χ3n) is 6.02. The molecule has 0 radical (unpaired) electrons. The number of nitrogens with one attached hydrogen (secondary N) is 1. The van der Waals surface area contributed by atoms with Crippen LogP contribution >= 0.6 is 11.6 Å². The van der Waals surface area contributed by atoms with Crippen molar-refractivity contribution in [2.24, 2.45) is 4.99 Å². The Morgan fingerprint density at radius 3 is 2.03 bits per heavy atom. The van der Waals surface area contributed by atoms with Crippen LogP contribution in [0.25, 0.3) is 11.3 Å². The van der Waals surface area contributed by atoms with E-state index in [0.29, 0.717) is 33.1 Å². The molecule has 1 aromatic heterocycles. The van der Waals surface area contributed by atoms with Gasteiger partial charge in [0.15, 0.2) is 5.88 Å². The van der Waals surface area contributed by atoms with E-state index in [4.69, 9.17) is 11.6 Å². The van der Waals surface area contributed by atoms with Crippen molar-refractivity contribution in [3.63, 3.8) is 0 Å². The van der Waals surface area contributed by atoms with Crippen LogP contribution in [0, 0.1) is 6.92 Å². The zero-order valence-corrected chi connectivity index (χ0v) is 20.4. The van der Waals surface area contributed by atoms with Gasteiger partial charge < -0.3 is 10.1 Å². The van der Waals surface area contributed by atoms with E-state index < -0.39 is 0 Å². The molecule has 0 unspecified atom stereocenters. The normalized spacial score (nSPS) is 14.0. The van der Waals surface area contributed by atoms with Gasteiger partial charge in [0.05, 0.1) is 22.5 Å². The number of aromatic amines is 1. The van der Waals surface area contributed by atoms with Gasteiger partial charge in [-0.15, -0.1) is 0 Å². The predicted octanol–water partition coefficient (Wildman–Crippen LogP) is 6.94. The Kier molecular flexibility index (Phi) is 5.13. The molecular weight excluding hydrogens is 420 g/mol. The molecule has 0 bridgehead atoms. The highest BCUT2D eigenvalue weighted by Crippen LogP contribution is 2.40. The number of benzene rings is 2. The fourth-order valence-electron chi connectivity index (χ4n) is 4.50. The molecule has 0 saturated heterocycles. The van der Waals surface area contributed by atoms with Crippen molar-refractivity contribution in [2.45, 2.75) is 59.3 Å².